The Balaban J connectivity index is 0. The van der Waals surface area contributed by atoms with Crippen LogP contribution >= 0.6 is 0 Å². The van der Waals surface area contributed by atoms with Crippen LogP contribution in [0.2, 0.25) is 0 Å². The van der Waals surface area contributed by atoms with Gasteiger partial charge in [-0.25, -0.2) is 10.4 Å². The predicted octanol–water partition coefficient (Wildman–Crippen LogP) is 9.16. The Morgan fingerprint density at radius 1 is 0.650 bits per heavy atom. The van der Waals surface area contributed by atoms with E-state index in [-0.39, 0.29) is 0 Å². The van der Waals surface area contributed by atoms with Crippen molar-refractivity contribution in [1.29, 1.82) is 0 Å². The quantitative estimate of drug-likeness (QED) is 0.131. The van der Waals surface area contributed by atoms with E-state index in [2.05, 4.69) is 42.1 Å². The third kappa shape index (κ3) is 14.5. The zero-order valence-electron chi connectivity index (χ0n) is 26.4. The molecule has 0 amide bonds. The zero-order chi connectivity index (χ0) is 30.6. The molecular weight excluding hydrogens is 488 g/mol. The second kappa shape index (κ2) is 26.3. The summed E-state index contributed by atoms with van der Waals surface area (Å²) in [6.45, 7) is 20.0. The first-order valence-electron chi connectivity index (χ1n) is 14.4. The van der Waals surface area contributed by atoms with Gasteiger partial charge >= 0.3 is 0 Å². The number of pyridine rings is 2. The molecule has 0 atom stereocenters. The average Bonchev–Trinajstić information content (AvgIpc) is 3.39. The zero-order valence-corrected chi connectivity index (χ0v) is 26.4. The Hall–Kier alpha value is -4.36. The molecule has 2 aromatic carbocycles. The van der Waals surface area contributed by atoms with Gasteiger partial charge in [0.15, 0.2) is 12.4 Å². The molecule has 2 N–H and O–H groups in total. The number of aromatic nitrogens is 3. The van der Waals surface area contributed by atoms with Crippen molar-refractivity contribution < 1.29 is 4.68 Å². The lowest BCUT2D eigenvalue weighted by Gasteiger charge is -1.96. The molecule has 5 rings (SSSR count). The number of hydrogen-bond donors (Lipinski definition) is 1. The molecule has 0 aliphatic rings. The predicted molar refractivity (Wildman–Crippen MR) is 177 cm³/mol. The molecule has 0 spiro atoms. The summed E-state index contributed by atoms with van der Waals surface area (Å²) in [6, 6.07) is 32.0. The topological polar surface area (TPSA) is 47.2 Å². The lowest BCUT2D eigenvalue weighted by atomic mass is 10.1. The summed E-state index contributed by atoms with van der Waals surface area (Å²) >= 11 is 0. The van der Waals surface area contributed by atoms with Crippen molar-refractivity contribution in [2.24, 2.45) is 0 Å². The highest BCUT2D eigenvalue weighted by Crippen LogP contribution is 2.24. The normalized spacial score (nSPS) is 8.15. The van der Waals surface area contributed by atoms with Gasteiger partial charge in [0.2, 0.25) is 0 Å². The monoisotopic (exact) mass is 539 g/mol. The van der Waals surface area contributed by atoms with Crippen molar-refractivity contribution in [3.63, 3.8) is 0 Å². The van der Waals surface area contributed by atoms with Crippen molar-refractivity contribution >= 4 is 5.52 Å². The second-order valence-electron chi connectivity index (χ2n) is 6.93. The summed E-state index contributed by atoms with van der Waals surface area (Å²) in [4.78, 5) is 0. The number of nitrogen functional groups attached to an aromatic ring is 1. The van der Waals surface area contributed by atoms with Crippen molar-refractivity contribution in [3.8, 4) is 23.1 Å². The summed E-state index contributed by atoms with van der Waals surface area (Å²) in [7, 11) is 0. The van der Waals surface area contributed by atoms with Gasteiger partial charge in [0.1, 0.15) is 0 Å². The van der Waals surface area contributed by atoms with Crippen LogP contribution in [0.4, 0.5) is 0 Å². The van der Waals surface area contributed by atoms with Gasteiger partial charge in [-0.3, -0.25) is 0 Å². The minimum atomic E-state index is 1.06. The van der Waals surface area contributed by atoms with Crippen LogP contribution in [0.15, 0.2) is 116 Å². The number of fused-ring (bicyclic) bond motifs is 1. The molecule has 0 fully saturated rings. The molecule has 3 aromatic heterocycles. The maximum Gasteiger partial charge on any atom is 0.199 e. The first kappa shape index (κ1) is 37.8. The van der Waals surface area contributed by atoms with Crippen LogP contribution in [0.25, 0.3) is 16.8 Å². The molecule has 0 unspecified atom stereocenters. The Labute approximate surface area is 244 Å². The number of nitrogens with two attached hydrogens (primary N) is 1. The minimum absolute atomic E-state index is 1.06. The van der Waals surface area contributed by atoms with Crippen molar-refractivity contribution in [2.45, 2.75) is 69.2 Å². The van der Waals surface area contributed by atoms with Crippen LogP contribution in [-0.2, 0) is 0 Å². The number of rotatable bonds is 1. The van der Waals surface area contributed by atoms with Crippen LogP contribution in [-0.4, -0.2) is 9.61 Å². The van der Waals surface area contributed by atoms with E-state index in [0.29, 0.717) is 0 Å². The highest BCUT2D eigenvalue weighted by atomic mass is 15.3. The van der Waals surface area contributed by atoms with Crippen LogP contribution in [0, 0.1) is 18.8 Å². The first-order valence-corrected chi connectivity index (χ1v) is 14.4. The minimum Gasteiger partial charge on any atom is -0.240 e. The molecule has 0 aliphatic heterocycles. The summed E-state index contributed by atoms with van der Waals surface area (Å²) in [5.74, 6) is 11.1. The number of nitrogens with zero attached hydrogens (tertiary/aromatic N) is 3. The highest BCUT2D eigenvalue weighted by molar-refractivity contribution is 5.72. The lowest BCUT2D eigenvalue weighted by Crippen LogP contribution is -2.42. The number of aryl methyl sites for hydroxylation is 1. The van der Waals surface area contributed by atoms with E-state index < -0.39 is 0 Å². The van der Waals surface area contributed by atoms with Gasteiger partial charge in [0.05, 0.1) is 11.2 Å². The second-order valence-corrected chi connectivity index (χ2v) is 6.93. The molecule has 3 heterocycles. The van der Waals surface area contributed by atoms with Gasteiger partial charge in [0.25, 0.3) is 0 Å². The highest BCUT2D eigenvalue weighted by Gasteiger charge is 2.09. The Morgan fingerprint density at radius 2 is 1.12 bits per heavy atom. The smallest absolute Gasteiger partial charge is 0.199 e. The van der Waals surface area contributed by atoms with Gasteiger partial charge in [-0.1, -0.05) is 127 Å². The SMILES string of the molecule is CC.CC.CC.CC.CC#Cc1ccccc1.Cc1c(-c2ccccc2)nn2ccccc12.N[n+]1ccccc1. The maximum absolute atomic E-state index is 5.27. The van der Waals surface area contributed by atoms with E-state index in [1.807, 2.05) is 152 Å². The summed E-state index contributed by atoms with van der Waals surface area (Å²) in [5.41, 5.74) is 5.71. The Morgan fingerprint density at radius 3 is 1.57 bits per heavy atom. The van der Waals surface area contributed by atoms with Crippen LogP contribution in [0.5, 0.6) is 0 Å². The van der Waals surface area contributed by atoms with Gasteiger partial charge in [0, 0.05) is 35.0 Å². The van der Waals surface area contributed by atoms with E-state index in [0.717, 1.165) is 11.3 Å². The van der Waals surface area contributed by atoms with Crippen molar-refractivity contribution in [2.75, 3.05) is 5.84 Å². The standard InChI is InChI=1S/C14H12N2.C9H8.C5H7N2.4C2H6/c1-11-13-9-5-6-10-16(13)15-14(11)12-7-3-2-4-8-12;1-2-6-9-7-4-3-5-8-9;6-7-4-2-1-3-5-7;4*1-2/h2-10H,1H3;3-5,7-8H,1H3;1-5H,6H2;4*1-2H3/q;;+1;;;;. The van der Waals surface area contributed by atoms with Gasteiger partial charge in [-0.05, 0) is 38.1 Å². The first-order chi connectivity index (χ1) is 19.7. The fourth-order valence-electron chi connectivity index (χ4n) is 3.07. The van der Waals surface area contributed by atoms with E-state index in [1.54, 1.807) is 12.4 Å². The van der Waals surface area contributed by atoms with Crippen LogP contribution < -0.4 is 10.5 Å². The fourth-order valence-corrected chi connectivity index (χ4v) is 3.07. The maximum atomic E-state index is 5.27. The summed E-state index contributed by atoms with van der Waals surface area (Å²) in [5, 5.41) is 4.60. The molecular formula is C36H51N4+. The van der Waals surface area contributed by atoms with E-state index in [4.69, 9.17) is 5.84 Å². The molecule has 5 aromatic rings. The lowest BCUT2D eigenvalue weighted by molar-refractivity contribution is -0.638. The van der Waals surface area contributed by atoms with Crippen LogP contribution in [0.1, 0.15) is 73.4 Å². The van der Waals surface area contributed by atoms with Crippen molar-refractivity contribution in [1.82, 2.24) is 9.61 Å². The Kier molecular flexibility index (Phi) is 24.8. The molecule has 0 saturated heterocycles. The molecule has 0 radical (unpaired) electrons. The number of benzene rings is 2. The third-order valence-electron chi connectivity index (χ3n) is 4.62. The third-order valence-corrected chi connectivity index (χ3v) is 4.62. The van der Waals surface area contributed by atoms with E-state index in [1.165, 1.54) is 21.3 Å². The molecule has 214 valence electrons. The van der Waals surface area contributed by atoms with Crippen LogP contribution in [0.3, 0.4) is 0 Å². The van der Waals surface area contributed by atoms with Crippen molar-refractivity contribution in [3.05, 3.63) is 127 Å². The average molecular weight is 540 g/mol. The van der Waals surface area contributed by atoms with Gasteiger partial charge in [-0.2, -0.15) is 5.10 Å². The van der Waals surface area contributed by atoms with Gasteiger partial charge < -0.3 is 0 Å². The molecule has 0 bridgehead atoms. The van der Waals surface area contributed by atoms with E-state index in [9.17, 15) is 0 Å². The van der Waals surface area contributed by atoms with Gasteiger partial charge in [-0.15, -0.1) is 5.92 Å². The molecule has 0 saturated carbocycles. The number of hydrogen-bond acceptors (Lipinski definition) is 2. The molecule has 0 aliphatic carbocycles. The molecule has 4 heteroatoms. The summed E-state index contributed by atoms with van der Waals surface area (Å²) < 4.78 is 3.43. The molecule has 40 heavy (non-hydrogen) atoms. The Bertz CT molecular complexity index is 1280. The van der Waals surface area contributed by atoms with E-state index >= 15 is 0 Å². The fraction of sp³-hybridized carbons (Fsp3) is 0.278. The largest absolute Gasteiger partial charge is 0.240 e. The molecule has 4 nitrogen and oxygen atoms in total. The summed E-state index contributed by atoms with van der Waals surface area (Å²) in [6.07, 6.45) is 5.54.